The third-order valence-corrected chi connectivity index (χ3v) is 6.97. The molecule has 0 amide bonds. The minimum absolute atomic E-state index is 0.0436. The Kier molecular flexibility index (Phi) is 13.7. The zero-order valence-electron chi connectivity index (χ0n) is 23.5. The molecule has 1 aliphatic heterocycles. The summed E-state index contributed by atoms with van der Waals surface area (Å²) in [6.07, 6.45) is 17.5. The number of rotatable bonds is 5. The highest BCUT2D eigenvalue weighted by Gasteiger charge is 2.28. The van der Waals surface area contributed by atoms with Crippen molar-refractivity contribution >= 4 is 5.97 Å². The Bertz CT molecular complexity index is 1090. The molecule has 0 bridgehead atoms. The summed E-state index contributed by atoms with van der Waals surface area (Å²) in [5.41, 5.74) is 1.82. The number of esters is 1. The van der Waals surface area contributed by atoms with Crippen LogP contribution in [-0.2, 0) is 9.53 Å². The van der Waals surface area contributed by atoms with Crippen LogP contribution in [0.3, 0.4) is 0 Å². The number of phenols is 1. The lowest BCUT2D eigenvalue weighted by Gasteiger charge is -2.28. The maximum atomic E-state index is 12.8. The van der Waals surface area contributed by atoms with Crippen LogP contribution in [0, 0.1) is 11.8 Å². The molecule has 4 N–H and O–H groups in total. The van der Waals surface area contributed by atoms with Crippen LogP contribution in [0.15, 0.2) is 96.2 Å². The Hall–Kier alpha value is -3.19. The van der Waals surface area contributed by atoms with Gasteiger partial charge in [-0.25, -0.2) is 4.79 Å². The van der Waals surface area contributed by atoms with Crippen LogP contribution in [0.25, 0.3) is 0 Å². The molecule has 1 aliphatic rings. The van der Waals surface area contributed by atoms with Crippen molar-refractivity contribution in [3.05, 3.63) is 102 Å². The van der Waals surface area contributed by atoms with Gasteiger partial charge in [-0.05, 0) is 62.3 Å². The summed E-state index contributed by atoms with van der Waals surface area (Å²) in [4.78, 5) is 12.8. The second-order valence-corrected chi connectivity index (χ2v) is 10.4. The molecule has 6 heteroatoms. The van der Waals surface area contributed by atoms with Crippen LogP contribution >= 0.6 is 0 Å². The number of cyclic esters (lactones) is 1. The van der Waals surface area contributed by atoms with Gasteiger partial charge in [-0.1, -0.05) is 86.7 Å². The topological polar surface area (TPSA) is 107 Å². The largest absolute Gasteiger partial charge is 0.508 e. The molecule has 2 unspecified atom stereocenters. The molecule has 1 aromatic rings. The standard InChI is InChI=1S/C33H44O6/c1-23-13-11-15-24(2)30(35)18-10-8-6-5-7-9-14-25(3)33(38)39-29(20-19-23)22-31(36)26(4)32(37)27-16-12-17-28(34)21-27/h5-17,21,23,26,29-32,34-37H,18-20,22H2,1-4H3/b6-5+,9-7-,10-8+,13-11+,24-15+,25-14+/t23-,26-,29?,30-,31?,32+/m0/s1. The van der Waals surface area contributed by atoms with E-state index in [-0.39, 0.29) is 18.1 Å². The quantitative estimate of drug-likeness (QED) is 0.343. The Labute approximate surface area is 233 Å². The highest BCUT2D eigenvalue weighted by molar-refractivity contribution is 5.88. The molecule has 0 fully saturated rings. The highest BCUT2D eigenvalue weighted by Crippen LogP contribution is 2.29. The number of benzene rings is 1. The van der Waals surface area contributed by atoms with Crippen LogP contribution in [0.5, 0.6) is 5.75 Å². The molecular weight excluding hydrogens is 492 g/mol. The second kappa shape index (κ2) is 16.7. The summed E-state index contributed by atoms with van der Waals surface area (Å²) in [6.45, 7) is 7.39. The maximum absolute atomic E-state index is 12.8. The van der Waals surface area contributed by atoms with Gasteiger partial charge in [0.25, 0.3) is 0 Å². The van der Waals surface area contributed by atoms with E-state index in [4.69, 9.17) is 4.74 Å². The number of hydrogen-bond donors (Lipinski definition) is 4. The number of phenolic OH excluding ortho intramolecular Hbond substituents is 1. The van der Waals surface area contributed by atoms with Crippen molar-refractivity contribution in [3.63, 3.8) is 0 Å². The number of aliphatic hydroxyl groups excluding tert-OH is 3. The van der Waals surface area contributed by atoms with E-state index in [1.54, 1.807) is 44.2 Å². The summed E-state index contributed by atoms with van der Waals surface area (Å²) in [6, 6.07) is 6.34. The zero-order chi connectivity index (χ0) is 28.8. The first-order valence-electron chi connectivity index (χ1n) is 13.6. The molecule has 0 aromatic heterocycles. The first-order chi connectivity index (χ1) is 18.6. The van der Waals surface area contributed by atoms with Crippen molar-refractivity contribution in [1.82, 2.24) is 0 Å². The van der Waals surface area contributed by atoms with E-state index in [1.165, 1.54) is 12.1 Å². The number of carbonyl (C=O) groups excluding carboxylic acids is 1. The van der Waals surface area contributed by atoms with E-state index in [0.29, 0.717) is 24.0 Å². The van der Waals surface area contributed by atoms with Crippen molar-refractivity contribution < 1.29 is 30.0 Å². The van der Waals surface area contributed by atoms with E-state index >= 15 is 0 Å². The van der Waals surface area contributed by atoms with Gasteiger partial charge in [0.2, 0.25) is 0 Å². The van der Waals surface area contributed by atoms with E-state index < -0.39 is 36.3 Å². The monoisotopic (exact) mass is 536 g/mol. The maximum Gasteiger partial charge on any atom is 0.333 e. The summed E-state index contributed by atoms with van der Waals surface area (Å²) in [5.74, 6) is -0.784. The van der Waals surface area contributed by atoms with E-state index in [2.05, 4.69) is 6.92 Å². The Morgan fingerprint density at radius 2 is 1.72 bits per heavy atom. The van der Waals surface area contributed by atoms with Crippen LogP contribution in [0.2, 0.25) is 0 Å². The molecular formula is C33H44O6. The Morgan fingerprint density at radius 1 is 1.00 bits per heavy atom. The van der Waals surface area contributed by atoms with Gasteiger partial charge in [-0.15, -0.1) is 0 Å². The summed E-state index contributed by atoms with van der Waals surface area (Å²) in [7, 11) is 0. The summed E-state index contributed by atoms with van der Waals surface area (Å²) in [5, 5.41) is 41.9. The highest BCUT2D eigenvalue weighted by atomic mass is 16.5. The predicted molar refractivity (Wildman–Crippen MR) is 156 cm³/mol. The Balaban J connectivity index is 2.21. The molecule has 0 aliphatic carbocycles. The molecule has 2 rings (SSSR count). The lowest BCUT2D eigenvalue weighted by Crippen LogP contribution is -2.31. The zero-order valence-corrected chi connectivity index (χ0v) is 23.5. The molecule has 212 valence electrons. The third-order valence-electron chi connectivity index (χ3n) is 6.97. The average molecular weight is 537 g/mol. The molecule has 1 aromatic carbocycles. The van der Waals surface area contributed by atoms with Gasteiger partial charge in [-0.2, -0.15) is 0 Å². The molecule has 0 saturated heterocycles. The predicted octanol–water partition coefficient (Wildman–Crippen LogP) is 6.02. The van der Waals surface area contributed by atoms with E-state index in [9.17, 15) is 25.2 Å². The molecule has 6 nitrogen and oxygen atoms in total. The van der Waals surface area contributed by atoms with Crippen molar-refractivity contribution in [3.8, 4) is 5.75 Å². The summed E-state index contributed by atoms with van der Waals surface area (Å²) < 4.78 is 5.83. The number of ether oxygens (including phenoxy) is 1. The van der Waals surface area contributed by atoms with Crippen molar-refractivity contribution in [1.29, 1.82) is 0 Å². The third kappa shape index (κ3) is 11.6. The Morgan fingerprint density at radius 3 is 2.46 bits per heavy atom. The SMILES string of the molecule is C\C1=C/C=C\C=C\C=C\C[C@H](O)/C(C)=C/C=C/[C@H](C)CCC(CC(O)[C@H](C)[C@@H](O)c2cccc(O)c2)OC1=O. The number of carbonyl (C=O) groups is 1. The fourth-order valence-corrected chi connectivity index (χ4v) is 4.16. The molecule has 0 saturated carbocycles. The molecule has 6 atom stereocenters. The van der Waals surface area contributed by atoms with E-state index in [1.807, 2.05) is 49.5 Å². The lowest BCUT2D eigenvalue weighted by atomic mass is 9.88. The van der Waals surface area contributed by atoms with Crippen LogP contribution < -0.4 is 0 Å². The fraction of sp³-hybridized carbons (Fsp3) is 0.424. The molecule has 0 radical (unpaired) electrons. The van der Waals surface area contributed by atoms with Crippen molar-refractivity contribution in [2.24, 2.45) is 11.8 Å². The van der Waals surface area contributed by atoms with Gasteiger partial charge in [0.1, 0.15) is 11.9 Å². The number of hydrogen-bond acceptors (Lipinski definition) is 6. The van der Waals surface area contributed by atoms with Gasteiger partial charge < -0.3 is 25.2 Å². The second-order valence-electron chi connectivity index (χ2n) is 10.4. The fourth-order valence-electron chi connectivity index (χ4n) is 4.16. The van der Waals surface area contributed by atoms with Crippen LogP contribution in [0.1, 0.15) is 65.0 Å². The smallest absolute Gasteiger partial charge is 0.333 e. The minimum atomic E-state index is -0.989. The first-order valence-corrected chi connectivity index (χ1v) is 13.6. The van der Waals surface area contributed by atoms with Crippen LogP contribution in [0.4, 0.5) is 0 Å². The normalized spacial score (nSPS) is 30.2. The lowest BCUT2D eigenvalue weighted by molar-refractivity contribution is -0.146. The van der Waals surface area contributed by atoms with Gasteiger partial charge >= 0.3 is 5.97 Å². The van der Waals surface area contributed by atoms with Crippen molar-refractivity contribution in [2.45, 2.75) is 77.8 Å². The van der Waals surface area contributed by atoms with Gasteiger partial charge in [0, 0.05) is 17.9 Å². The van der Waals surface area contributed by atoms with Crippen LogP contribution in [-0.4, -0.2) is 44.7 Å². The summed E-state index contributed by atoms with van der Waals surface area (Å²) >= 11 is 0. The molecule has 1 heterocycles. The first kappa shape index (κ1) is 32.0. The molecule has 39 heavy (non-hydrogen) atoms. The minimum Gasteiger partial charge on any atom is -0.508 e. The molecule has 0 spiro atoms. The van der Waals surface area contributed by atoms with Gasteiger partial charge in [-0.3, -0.25) is 0 Å². The van der Waals surface area contributed by atoms with Crippen molar-refractivity contribution in [2.75, 3.05) is 0 Å². The van der Waals surface area contributed by atoms with Gasteiger partial charge in [0.05, 0.1) is 18.3 Å². The van der Waals surface area contributed by atoms with E-state index in [0.717, 1.165) is 12.0 Å². The average Bonchev–Trinajstić information content (AvgIpc) is 2.91. The number of aliphatic hydroxyl groups is 3. The van der Waals surface area contributed by atoms with Gasteiger partial charge in [0.15, 0.2) is 0 Å². The number of aromatic hydroxyl groups is 1. The number of allylic oxidation sites excluding steroid dienone is 9.